The Hall–Kier alpha value is -2.57. The first-order chi connectivity index (χ1) is 11.9. The standard InChI is InChI=1S/C18H17F2N3O2/c19-18(20)9-17(6-8-22-16(17)25)10-23(11-18)15(24)13-5-7-21-14-4-2-1-3-12(13)14/h1-5,7H,6,8-11H2,(H,22,25). The Labute approximate surface area is 143 Å². The van der Waals surface area contributed by atoms with Crippen molar-refractivity contribution in [3.8, 4) is 0 Å². The van der Waals surface area contributed by atoms with Crippen LogP contribution in [0.1, 0.15) is 23.2 Å². The molecular formula is C18H17F2N3O2. The number of halogens is 2. The van der Waals surface area contributed by atoms with Crippen molar-refractivity contribution >= 4 is 22.7 Å². The van der Waals surface area contributed by atoms with Gasteiger partial charge in [-0.05, 0) is 18.6 Å². The molecule has 1 spiro atoms. The number of amides is 2. The highest BCUT2D eigenvalue weighted by atomic mass is 19.3. The summed E-state index contributed by atoms with van der Waals surface area (Å²) in [6.45, 7) is -0.281. The zero-order valence-electron chi connectivity index (χ0n) is 13.5. The van der Waals surface area contributed by atoms with Crippen molar-refractivity contribution in [1.82, 2.24) is 15.2 Å². The molecule has 2 saturated heterocycles. The fourth-order valence-corrected chi connectivity index (χ4v) is 3.94. The fourth-order valence-electron chi connectivity index (χ4n) is 3.94. The zero-order valence-corrected chi connectivity index (χ0v) is 13.5. The van der Waals surface area contributed by atoms with Gasteiger partial charge in [0.25, 0.3) is 11.8 Å². The quantitative estimate of drug-likeness (QED) is 0.862. The molecule has 2 aromatic rings. The number of carbonyl (C=O) groups is 2. The van der Waals surface area contributed by atoms with E-state index in [9.17, 15) is 18.4 Å². The molecule has 2 aliphatic heterocycles. The van der Waals surface area contributed by atoms with Crippen LogP contribution in [0.4, 0.5) is 8.78 Å². The lowest BCUT2D eigenvalue weighted by atomic mass is 9.77. The number of likely N-dealkylation sites (tertiary alicyclic amines) is 1. The van der Waals surface area contributed by atoms with Gasteiger partial charge >= 0.3 is 0 Å². The number of alkyl halides is 2. The fraction of sp³-hybridized carbons (Fsp3) is 0.389. The third-order valence-electron chi connectivity index (χ3n) is 5.05. The molecule has 2 amide bonds. The molecule has 130 valence electrons. The maximum atomic E-state index is 14.3. The lowest BCUT2D eigenvalue weighted by molar-refractivity contribution is -0.144. The number of hydrogen-bond donors (Lipinski definition) is 1. The van der Waals surface area contributed by atoms with Crippen LogP contribution in [-0.4, -0.2) is 47.3 Å². The van der Waals surface area contributed by atoms with Crippen LogP contribution in [-0.2, 0) is 4.79 Å². The van der Waals surface area contributed by atoms with E-state index in [1.165, 1.54) is 6.20 Å². The summed E-state index contributed by atoms with van der Waals surface area (Å²) in [6.07, 6.45) is 1.31. The third-order valence-corrected chi connectivity index (χ3v) is 5.05. The molecule has 0 saturated carbocycles. The molecule has 0 aliphatic carbocycles. The van der Waals surface area contributed by atoms with Crippen molar-refractivity contribution in [1.29, 1.82) is 0 Å². The van der Waals surface area contributed by atoms with Crippen LogP contribution in [0, 0.1) is 5.41 Å². The number of pyridine rings is 1. The van der Waals surface area contributed by atoms with Gasteiger partial charge in [-0.3, -0.25) is 14.6 Å². The lowest BCUT2D eigenvalue weighted by Crippen LogP contribution is -2.56. The van der Waals surface area contributed by atoms with Crippen LogP contribution in [0.2, 0.25) is 0 Å². The number of fused-ring (bicyclic) bond motifs is 1. The van der Waals surface area contributed by atoms with E-state index >= 15 is 0 Å². The molecule has 3 heterocycles. The van der Waals surface area contributed by atoms with Crippen molar-refractivity contribution in [2.75, 3.05) is 19.6 Å². The minimum Gasteiger partial charge on any atom is -0.356 e. The Morgan fingerprint density at radius 3 is 2.76 bits per heavy atom. The van der Waals surface area contributed by atoms with Crippen molar-refractivity contribution in [2.24, 2.45) is 5.41 Å². The summed E-state index contributed by atoms with van der Waals surface area (Å²) in [5.41, 5.74) is -0.234. The Morgan fingerprint density at radius 1 is 1.20 bits per heavy atom. The van der Waals surface area contributed by atoms with Gasteiger partial charge in [0, 0.05) is 31.1 Å². The maximum Gasteiger partial charge on any atom is 0.266 e. The van der Waals surface area contributed by atoms with Crippen LogP contribution in [0.25, 0.3) is 10.9 Å². The van der Waals surface area contributed by atoms with Gasteiger partial charge in [-0.1, -0.05) is 18.2 Å². The first-order valence-corrected chi connectivity index (χ1v) is 8.19. The smallest absolute Gasteiger partial charge is 0.266 e. The summed E-state index contributed by atoms with van der Waals surface area (Å²) in [5, 5.41) is 3.25. The maximum absolute atomic E-state index is 14.3. The minimum atomic E-state index is -3.08. The van der Waals surface area contributed by atoms with Crippen molar-refractivity contribution in [2.45, 2.75) is 18.8 Å². The molecule has 4 rings (SSSR count). The Balaban J connectivity index is 1.72. The van der Waals surface area contributed by atoms with Gasteiger partial charge in [-0.15, -0.1) is 0 Å². The first kappa shape index (κ1) is 15.9. The number of nitrogens with zero attached hydrogens (tertiary/aromatic N) is 2. The molecule has 2 fully saturated rings. The lowest BCUT2D eigenvalue weighted by Gasteiger charge is -2.42. The molecule has 25 heavy (non-hydrogen) atoms. The molecular weight excluding hydrogens is 328 g/mol. The minimum absolute atomic E-state index is 0.0178. The number of piperidine rings is 1. The van der Waals surface area contributed by atoms with E-state index in [0.29, 0.717) is 29.4 Å². The summed E-state index contributed by atoms with van der Waals surface area (Å²) in [5.74, 6) is -3.96. The molecule has 1 unspecified atom stereocenters. The highest BCUT2D eigenvalue weighted by Crippen LogP contribution is 2.43. The normalized spacial score (nSPS) is 25.4. The van der Waals surface area contributed by atoms with E-state index in [2.05, 4.69) is 10.3 Å². The average molecular weight is 345 g/mol. The number of rotatable bonds is 1. The van der Waals surface area contributed by atoms with Crippen molar-refractivity contribution < 1.29 is 18.4 Å². The topological polar surface area (TPSA) is 62.3 Å². The number of nitrogens with one attached hydrogen (secondary N) is 1. The van der Waals surface area contributed by atoms with Gasteiger partial charge in [0.05, 0.1) is 23.0 Å². The van der Waals surface area contributed by atoms with Gasteiger partial charge in [0.1, 0.15) is 0 Å². The Morgan fingerprint density at radius 2 is 2.00 bits per heavy atom. The predicted molar refractivity (Wildman–Crippen MR) is 87.3 cm³/mol. The number of aromatic nitrogens is 1. The van der Waals surface area contributed by atoms with E-state index in [1.807, 2.05) is 0 Å². The summed E-state index contributed by atoms with van der Waals surface area (Å²) in [7, 11) is 0. The molecule has 0 bridgehead atoms. The predicted octanol–water partition coefficient (Wildman–Crippen LogP) is 2.22. The van der Waals surface area contributed by atoms with Crippen LogP contribution in [0.3, 0.4) is 0 Å². The second-order valence-corrected chi connectivity index (χ2v) is 6.86. The summed E-state index contributed by atoms with van der Waals surface area (Å²) < 4.78 is 28.7. The van der Waals surface area contributed by atoms with E-state index < -0.39 is 30.2 Å². The monoisotopic (exact) mass is 345 g/mol. The highest BCUT2D eigenvalue weighted by Gasteiger charge is 2.55. The molecule has 1 N–H and O–H groups in total. The first-order valence-electron chi connectivity index (χ1n) is 8.19. The third kappa shape index (κ3) is 2.63. The summed E-state index contributed by atoms with van der Waals surface area (Å²) >= 11 is 0. The second-order valence-electron chi connectivity index (χ2n) is 6.86. The second kappa shape index (κ2) is 5.47. The van der Waals surface area contributed by atoms with Crippen molar-refractivity contribution in [3.05, 3.63) is 42.1 Å². The largest absolute Gasteiger partial charge is 0.356 e. The van der Waals surface area contributed by atoms with Gasteiger partial charge in [-0.2, -0.15) is 0 Å². The Bertz CT molecular complexity index is 865. The van der Waals surface area contributed by atoms with Gasteiger partial charge in [-0.25, -0.2) is 8.78 Å². The molecule has 5 nitrogen and oxygen atoms in total. The molecule has 0 radical (unpaired) electrons. The van der Waals surface area contributed by atoms with E-state index in [4.69, 9.17) is 0 Å². The summed E-state index contributed by atoms with van der Waals surface area (Å²) in [4.78, 5) is 30.5. The van der Waals surface area contributed by atoms with Gasteiger partial charge in [0.15, 0.2) is 0 Å². The van der Waals surface area contributed by atoms with Crippen LogP contribution < -0.4 is 5.32 Å². The van der Waals surface area contributed by atoms with Crippen molar-refractivity contribution in [3.63, 3.8) is 0 Å². The molecule has 1 aromatic carbocycles. The SMILES string of the molecule is O=C(c1ccnc2ccccc12)N1CC(F)(F)CC2(CCNC2=O)C1. The van der Waals surface area contributed by atoms with Gasteiger partial charge < -0.3 is 10.2 Å². The number of para-hydroxylation sites is 1. The number of carbonyl (C=O) groups excluding carboxylic acids is 2. The molecule has 7 heteroatoms. The van der Waals surface area contributed by atoms with E-state index in [0.717, 1.165) is 4.90 Å². The van der Waals surface area contributed by atoms with Crippen LogP contribution in [0.5, 0.6) is 0 Å². The Kier molecular flexibility index (Phi) is 3.49. The van der Waals surface area contributed by atoms with E-state index in [-0.39, 0.29) is 12.5 Å². The van der Waals surface area contributed by atoms with Crippen LogP contribution in [0.15, 0.2) is 36.5 Å². The number of benzene rings is 1. The van der Waals surface area contributed by atoms with Gasteiger partial charge in [0.2, 0.25) is 5.91 Å². The highest BCUT2D eigenvalue weighted by molar-refractivity contribution is 6.06. The average Bonchev–Trinajstić information content (AvgIpc) is 2.91. The number of hydrogen-bond acceptors (Lipinski definition) is 3. The molecule has 1 atom stereocenters. The molecule has 1 aromatic heterocycles. The van der Waals surface area contributed by atoms with E-state index in [1.54, 1.807) is 30.3 Å². The summed E-state index contributed by atoms with van der Waals surface area (Å²) in [6, 6.07) is 8.63. The molecule has 2 aliphatic rings. The van der Waals surface area contributed by atoms with Crippen LogP contribution >= 0.6 is 0 Å². The zero-order chi connectivity index (χ0) is 17.7.